The van der Waals surface area contributed by atoms with Gasteiger partial charge in [-0.1, -0.05) is 44.5 Å². The predicted molar refractivity (Wildman–Crippen MR) is 168 cm³/mol. The number of hydrogen-bond donors (Lipinski definition) is 0. The van der Waals surface area contributed by atoms with E-state index >= 15 is 0 Å². The maximum absolute atomic E-state index is 14.7. The molecule has 0 N–H and O–H groups in total. The van der Waals surface area contributed by atoms with Gasteiger partial charge < -0.3 is 18.3 Å². The van der Waals surface area contributed by atoms with Crippen LogP contribution in [0, 0.1) is 19.7 Å². The lowest BCUT2D eigenvalue weighted by Gasteiger charge is -2.38. The third kappa shape index (κ3) is 5.86. The molecule has 0 bridgehead atoms. The van der Waals surface area contributed by atoms with Gasteiger partial charge in [0, 0.05) is 23.5 Å². The fraction of sp³-hybridized carbons (Fsp3) is 0.344. The average molecular weight is 606 g/mol. The molecular formula is C32H37ClFN5O2Si. The van der Waals surface area contributed by atoms with E-state index in [1.54, 1.807) is 19.5 Å². The Labute approximate surface area is 252 Å². The van der Waals surface area contributed by atoms with Crippen LogP contribution >= 0.6 is 11.6 Å². The molecule has 0 fully saturated rings. The molecule has 1 atom stereocenters. The van der Waals surface area contributed by atoms with Gasteiger partial charge in [-0.3, -0.25) is 0 Å². The summed E-state index contributed by atoms with van der Waals surface area (Å²) >= 11 is 6.75. The lowest BCUT2D eigenvalue weighted by molar-refractivity contribution is 0.248. The summed E-state index contributed by atoms with van der Waals surface area (Å²) in [4.78, 5) is 4.33. The second-order valence-corrected chi connectivity index (χ2v) is 17.6. The van der Waals surface area contributed by atoms with Gasteiger partial charge in [0.05, 0.1) is 42.5 Å². The molecule has 42 heavy (non-hydrogen) atoms. The molecule has 2 aliphatic heterocycles. The summed E-state index contributed by atoms with van der Waals surface area (Å²) in [5, 5.41) is 9.75. The minimum atomic E-state index is -2.13. The Bertz CT molecular complexity index is 1690. The zero-order chi connectivity index (χ0) is 30.4. The molecule has 0 spiro atoms. The van der Waals surface area contributed by atoms with Crippen molar-refractivity contribution in [2.75, 3.05) is 13.7 Å². The van der Waals surface area contributed by atoms with Gasteiger partial charge in [0.15, 0.2) is 14.1 Å². The number of rotatable bonds is 8. The molecule has 0 radical (unpaired) electrons. The highest BCUT2D eigenvalue weighted by atomic mass is 35.5. The molecule has 220 valence electrons. The Morgan fingerprint density at radius 3 is 2.43 bits per heavy atom. The van der Waals surface area contributed by atoms with Gasteiger partial charge in [0.25, 0.3) is 0 Å². The van der Waals surface area contributed by atoms with Gasteiger partial charge in [0.2, 0.25) is 0 Å². The summed E-state index contributed by atoms with van der Waals surface area (Å²) in [5.41, 5.74) is 5.67. The van der Waals surface area contributed by atoms with Crippen LogP contribution in [0.4, 0.5) is 4.39 Å². The summed E-state index contributed by atoms with van der Waals surface area (Å²) in [6.45, 7) is 15.2. The molecule has 0 saturated heterocycles. The number of ether oxygens (including phenoxy) is 1. The first kappa shape index (κ1) is 29.9. The van der Waals surface area contributed by atoms with Crippen LogP contribution in [0.3, 0.4) is 0 Å². The first-order chi connectivity index (χ1) is 19.8. The lowest BCUT2D eigenvalue weighted by atomic mass is 10.0. The van der Waals surface area contributed by atoms with E-state index < -0.39 is 8.32 Å². The fourth-order valence-corrected chi connectivity index (χ4v) is 6.07. The van der Waals surface area contributed by atoms with Crippen molar-refractivity contribution in [2.24, 2.45) is 0 Å². The van der Waals surface area contributed by atoms with E-state index in [-0.39, 0.29) is 16.9 Å². The zero-order valence-corrected chi connectivity index (χ0v) is 27.1. The number of benzene rings is 2. The first-order valence-electron chi connectivity index (χ1n) is 13.9. The monoisotopic (exact) mass is 605 g/mol. The second-order valence-electron chi connectivity index (χ2n) is 12.3. The van der Waals surface area contributed by atoms with E-state index in [1.165, 1.54) is 6.07 Å². The van der Waals surface area contributed by atoms with Gasteiger partial charge in [-0.15, -0.1) is 10.2 Å². The number of nitrogens with zero attached hydrogens (tertiary/aromatic N) is 5. The van der Waals surface area contributed by atoms with Crippen molar-refractivity contribution < 1.29 is 13.6 Å². The van der Waals surface area contributed by atoms with Gasteiger partial charge >= 0.3 is 0 Å². The molecule has 1 unspecified atom stereocenters. The molecule has 2 aromatic carbocycles. The van der Waals surface area contributed by atoms with Crippen LogP contribution in [0.25, 0.3) is 28.3 Å². The molecule has 3 heterocycles. The van der Waals surface area contributed by atoms with E-state index in [2.05, 4.69) is 49.0 Å². The summed E-state index contributed by atoms with van der Waals surface area (Å²) in [7, 11) is -0.489. The number of imidazole rings is 1. The van der Waals surface area contributed by atoms with Crippen molar-refractivity contribution in [3.63, 3.8) is 0 Å². The first-order valence-corrected chi connectivity index (χ1v) is 17.2. The number of fused-ring (bicyclic) bond motifs is 1. The van der Waals surface area contributed by atoms with Gasteiger partial charge in [-0.25, -0.2) is 9.37 Å². The Morgan fingerprint density at radius 1 is 1.02 bits per heavy atom. The molecule has 0 amide bonds. The topological polar surface area (TPSA) is 67.0 Å². The molecule has 10 heteroatoms. The molecule has 5 rings (SSSR count). The van der Waals surface area contributed by atoms with E-state index in [0.717, 1.165) is 33.6 Å². The number of hydrogen-bond acceptors (Lipinski definition) is 5. The van der Waals surface area contributed by atoms with Crippen LogP contribution < -0.4 is 4.74 Å². The highest BCUT2D eigenvalue weighted by Crippen LogP contribution is 2.41. The van der Waals surface area contributed by atoms with Crippen LogP contribution in [0.15, 0.2) is 61.2 Å². The summed E-state index contributed by atoms with van der Waals surface area (Å²) in [6, 6.07) is 12.5. The number of halogens is 2. The summed E-state index contributed by atoms with van der Waals surface area (Å²) in [6.07, 6.45) is 5.53. The smallest absolute Gasteiger partial charge is 0.192 e. The molecular weight excluding hydrogens is 569 g/mol. The van der Waals surface area contributed by atoms with Gasteiger partial charge in [-0.05, 0) is 73.4 Å². The third-order valence-electron chi connectivity index (χ3n) is 8.17. The molecule has 3 aromatic rings. The van der Waals surface area contributed by atoms with Crippen LogP contribution in [-0.2, 0) is 4.43 Å². The minimum absolute atomic E-state index is 0.0115. The number of aryl methyl sites for hydroxylation is 2. The van der Waals surface area contributed by atoms with Crippen molar-refractivity contribution in [1.29, 1.82) is 0 Å². The predicted octanol–water partition coefficient (Wildman–Crippen LogP) is 8.26. The molecule has 7 nitrogen and oxygen atoms in total. The van der Waals surface area contributed by atoms with E-state index in [9.17, 15) is 4.39 Å². The van der Waals surface area contributed by atoms with Crippen LogP contribution in [-0.4, -0.2) is 46.3 Å². The SMILES string of the molecule is COc1cc(-c2nnc3n(C(CO[Si](C)(C)C(C)(C)C)c4cc(C)cc(F)c4)cc(Cl)cc2-3)ccc1-n1cnc(C)c1. The number of pyridine rings is 1. The third-order valence-corrected chi connectivity index (χ3v) is 12.9. The standard InChI is InChI=1S/C32H37ClFN5O2Si/c1-20-11-23(13-25(34)12-20)28(18-41-42(7,8)32(3,4)5)39-17-24(33)15-26-30(36-37-31(26)39)22-9-10-27(29(14-22)40-6)38-16-21(2)35-19-38/h9-17,19,28H,18H2,1-8H3. The maximum atomic E-state index is 14.7. The molecule has 0 aliphatic carbocycles. The molecule has 0 saturated carbocycles. The van der Waals surface area contributed by atoms with E-state index in [0.29, 0.717) is 28.9 Å². The normalized spacial score (nSPS) is 13.1. The maximum Gasteiger partial charge on any atom is 0.192 e. The average Bonchev–Trinajstić information content (AvgIpc) is 3.53. The lowest BCUT2D eigenvalue weighted by Crippen LogP contribution is -2.42. The van der Waals surface area contributed by atoms with Crippen molar-refractivity contribution in [1.82, 2.24) is 24.3 Å². The van der Waals surface area contributed by atoms with E-state index in [1.807, 2.05) is 65.7 Å². The largest absolute Gasteiger partial charge is 0.495 e. The van der Waals surface area contributed by atoms with Crippen molar-refractivity contribution >= 4 is 19.9 Å². The summed E-state index contributed by atoms with van der Waals surface area (Å²) in [5.74, 6) is 1.01. The Balaban J connectivity index is 1.59. The molecule has 1 aromatic heterocycles. The van der Waals surface area contributed by atoms with Crippen LogP contribution in [0.5, 0.6) is 5.75 Å². The Kier molecular flexibility index (Phi) is 8.04. The highest BCUT2D eigenvalue weighted by molar-refractivity contribution is 6.74. The van der Waals surface area contributed by atoms with Gasteiger partial charge in [0.1, 0.15) is 17.3 Å². The van der Waals surface area contributed by atoms with Crippen LogP contribution in [0.2, 0.25) is 23.2 Å². The summed E-state index contributed by atoms with van der Waals surface area (Å²) < 4.78 is 31.0. The van der Waals surface area contributed by atoms with E-state index in [4.69, 9.17) is 20.8 Å². The van der Waals surface area contributed by atoms with Crippen molar-refractivity contribution in [2.45, 2.75) is 58.8 Å². The quantitative estimate of drug-likeness (QED) is 0.167. The second kappa shape index (κ2) is 11.3. The Morgan fingerprint density at radius 2 is 1.79 bits per heavy atom. The number of methoxy groups -OCH3 is 1. The Hall–Kier alpha value is -3.53. The molecule has 2 aliphatic rings. The zero-order valence-electron chi connectivity index (χ0n) is 25.4. The van der Waals surface area contributed by atoms with Gasteiger partial charge in [-0.2, -0.15) is 0 Å². The van der Waals surface area contributed by atoms with Crippen LogP contribution in [0.1, 0.15) is 43.6 Å². The fourth-order valence-electron chi connectivity index (χ4n) is 4.84. The van der Waals surface area contributed by atoms with Crippen molar-refractivity contribution in [3.8, 4) is 34.1 Å². The number of aromatic nitrogens is 5. The minimum Gasteiger partial charge on any atom is -0.495 e. The highest BCUT2D eigenvalue weighted by Gasteiger charge is 2.38. The van der Waals surface area contributed by atoms with Crippen molar-refractivity contribution in [3.05, 3.63) is 88.8 Å².